The molecular weight excluding hydrogens is 234 g/mol. The summed E-state index contributed by atoms with van der Waals surface area (Å²) in [5, 5.41) is 4.17. The first kappa shape index (κ1) is 12.0. The lowest BCUT2D eigenvalue weighted by atomic mass is 10.2. The summed E-state index contributed by atoms with van der Waals surface area (Å²) < 4.78 is 2.01. The molecule has 0 aliphatic rings. The second kappa shape index (κ2) is 4.80. The molecule has 0 radical (unpaired) electrons. The van der Waals surface area contributed by atoms with E-state index >= 15 is 0 Å². The van der Waals surface area contributed by atoms with E-state index in [1.165, 1.54) is 0 Å². The van der Waals surface area contributed by atoms with Crippen molar-refractivity contribution < 1.29 is 0 Å². The fourth-order valence-electron chi connectivity index (χ4n) is 1.79. The summed E-state index contributed by atoms with van der Waals surface area (Å²) in [5.74, 6) is 1.00. The molecule has 1 aromatic carbocycles. The number of aryl methyl sites for hydroxylation is 2. The number of anilines is 1. The van der Waals surface area contributed by atoms with Crippen LogP contribution in [-0.2, 0) is 7.05 Å². The lowest BCUT2D eigenvalue weighted by molar-refractivity contribution is 0.722. The minimum Gasteiger partial charge on any atom is -0.375 e. The Morgan fingerprint density at radius 2 is 2.18 bits per heavy atom. The van der Waals surface area contributed by atoms with Crippen LogP contribution < -0.4 is 5.32 Å². The predicted octanol–water partition coefficient (Wildman–Crippen LogP) is 3.56. The van der Waals surface area contributed by atoms with Gasteiger partial charge in [0.25, 0.3) is 0 Å². The Labute approximate surface area is 106 Å². The maximum Gasteiger partial charge on any atom is 0.130 e. The molecule has 3 nitrogen and oxygen atoms in total. The first-order valence-corrected chi connectivity index (χ1v) is 5.95. The van der Waals surface area contributed by atoms with Crippen LogP contribution in [0.25, 0.3) is 0 Å². The molecule has 2 aromatic rings. The molecule has 0 saturated heterocycles. The number of rotatable bonds is 3. The zero-order chi connectivity index (χ0) is 12.4. The maximum absolute atomic E-state index is 6.09. The molecule has 0 fully saturated rings. The van der Waals surface area contributed by atoms with Gasteiger partial charge < -0.3 is 9.88 Å². The van der Waals surface area contributed by atoms with Crippen molar-refractivity contribution in [3.63, 3.8) is 0 Å². The van der Waals surface area contributed by atoms with Crippen LogP contribution in [-0.4, -0.2) is 9.55 Å². The van der Waals surface area contributed by atoms with Gasteiger partial charge in [-0.3, -0.25) is 0 Å². The lowest BCUT2D eigenvalue weighted by Crippen LogP contribution is -2.11. The smallest absolute Gasteiger partial charge is 0.130 e. The van der Waals surface area contributed by atoms with Gasteiger partial charge in [0.2, 0.25) is 0 Å². The standard InChI is InChI=1S/C13H16ClN3/c1-9-4-5-11(8-12(9)14)16-10(2)13-15-6-7-17(13)3/h4-8,10,16H,1-3H3. The molecule has 0 spiro atoms. The molecular formula is C13H16ClN3. The first-order valence-electron chi connectivity index (χ1n) is 5.58. The highest BCUT2D eigenvalue weighted by Gasteiger charge is 2.10. The van der Waals surface area contributed by atoms with Gasteiger partial charge in [-0.1, -0.05) is 17.7 Å². The molecule has 1 heterocycles. The number of aromatic nitrogens is 2. The van der Waals surface area contributed by atoms with Gasteiger partial charge in [-0.2, -0.15) is 0 Å². The molecule has 4 heteroatoms. The molecule has 1 N–H and O–H groups in total. The summed E-state index contributed by atoms with van der Waals surface area (Å²) >= 11 is 6.09. The fourth-order valence-corrected chi connectivity index (χ4v) is 1.97. The Morgan fingerprint density at radius 1 is 1.41 bits per heavy atom. The molecule has 1 aromatic heterocycles. The van der Waals surface area contributed by atoms with Gasteiger partial charge in [-0.15, -0.1) is 0 Å². The molecule has 1 unspecified atom stereocenters. The molecule has 0 saturated carbocycles. The highest BCUT2D eigenvalue weighted by atomic mass is 35.5. The van der Waals surface area contributed by atoms with Gasteiger partial charge in [0.15, 0.2) is 0 Å². The van der Waals surface area contributed by atoms with E-state index in [4.69, 9.17) is 11.6 Å². The predicted molar refractivity (Wildman–Crippen MR) is 71.4 cm³/mol. The zero-order valence-corrected chi connectivity index (χ0v) is 11.0. The number of halogens is 1. The molecule has 2 rings (SSSR count). The van der Waals surface area contributed by atoms with Crippen LogP contribution in [0.4, 0.5) is 5.69 Å². The Balaban J connectivity index is 2.16. The van der Waals surface area contributed by atoms with Gasteiger partial charge in [0.1, 0.15) is 5.82 Å². The molecule has 0 bridgehead atoms. The fraction of sp³-hybridized carbons (Fsp3) is 0.308. The van der Waals surface area contributed by atoms with Crippen LogP contribution in [0.1, 0.15) is 24.4 Å². The first-order chi connectivity index (χ1) is 8.08. The van der Waals surface area contributed by atoms with Crippen molar-refractivity contribution in [1.29, 1.82) is 0 Å². The van der Waals surface area contributed by atoms with E-state index in [0.29, 0.717) is 0 Å². The summed E-state index contributed by atoms with van der Waals surface area (Å²) in [6.45, 7) is 4.07. The molecule has 0 aliphatic heterocycles. The van der Waals surface area contributed by atoms with Gasteiger partial charge in [-0.25, -0.2) is 4.98 Å². The summed E-state index contributed by atoms with van der Waals surface area (Å²) in [6, 6.07) is 6.13. The molecule has 17 heavy (non-hydrogen) atoms. The van der Waals surface area contributed by atoms with E-state index in [1.807, 2.05) is 42.9 Å². The molecule has 90 valence electrons. The van der Waals surface area contributed by atoms with Gasteiger partial charge >= 0.3 is 0 Å². The van der Waals surface area contributed by atoms with Gasteiger partial charge in [0, 0.05) is 30.2 Å². The number of hydrogen-bond acceptors (Lipinski definition) is 2. The van der Waals surface area contributed by atoms with E-state index < -0.39 is 0 Å². The summed E-state index contributed by atoms with van der Waals surface area (Å²) in [4.78, 5) is 4.32. The summed E-state index contributed by atoms with van der Waals surface area (Å²) in [7, 11) is 1.99. The largest absolute Gasteiger partial charge is 0.375 e. The molecule has 0 amide bonds. The van der Waals surface area contributed by atoms with E-state index in [1.54, 1.807) is 6.20 Å². The third kappa shape index (κ3) is 2.61. The number of imidazole rings is 1. The Kier molecular flexibility index (Phi) is 3.38. The quantitative estimate of drug-likeness (QED) is 0.902. The second-order valence-electron chi connectivity index (χ2n) is 4.23. The van der Waals surface area contributed by atoms with Crippen LogP contribution >= 0.6 is 11.6 Å². The molecule has 1 atom stereocenters. The van der Waals surface area contributed by atoms with Crippen molar-refractivity contribution in [2.24, 2.45) is 7.05 Å². The van der Waals surface area contributed by atoms with Crippen molar-refractivity contribution in [1.82, 2.24) is 9.55 Å². The van der Waals surface area contributed by atoms with E-state index in [2.05, 4.69) is 17.2 Å². The average Bonchev–Trinajstić information content (AvgIpc) is 2.70. The molecule has 0 aliphatic carbocycles. The Hall–Kier alpha value is -1.48. The van der Waals surface area contributed by atoms with Crippen LogP contribution in [0.2, 0.25) is 5.02 Å². The third-order valence-electron chi connectivity index (χ3n) is 2.80. The zero-order valence-electron chi connectivity index (χ0n) is 10.2. The maximum atomic E-state index is 6.09. The number of benzene rings is 1. The average molecular weight is 250 g/mol. The van der Waals surface area contributed by atoms with Crippen LogP contribution in [0.15, 0.2) is 30.6 Å². The lowest BCUT2D eigenvalue weighted by Gasteiger charge is -2.15. The highest BCUT2D eigenvalue weighted by molar-refractivity contribution is 6.31. The number of hydrogen-bond donors (Lipinski definition) is 1. The number of nitrogens with zero attached hydrogens (tertiary/aromatic N) is 2. The van der Waals surface area contributed by atoms with Crippen LogP contribution in [0.5, 0.6) is 0 Å². The van der Waals surface area contributed by atoms with Crippen molar-refractivity contribution in [2.75, 3.05) is 5.32 Å². The van der Waals surface area contributed by atoms with Gasteiger partial charge in [0.05, 0.1) is 6.04 Å². The van der Waals surface area contributed by atoms with Crippen molar-refractivity contribution in [3.8, 4) is 0 Å². The topological polar surface area (TPSA) is 29.9 Å². The SMILES string of the molecule is Cc1ccc(NC(C)c2nccn2C)cc1Cl. The summed E-state index contributed by atoms with van der Waals surface area (Å²) in [5.41, 5.74) is 2.10. The monoisotopic (exact) mass is 249 g/mol. The van der Waals surface area contributed by atoms with Gasteiger partial charge in [-0.05, 0) is 31.5 Å². The van der Waals surface area contributed by atoms with Crippen molar-refractivity contribution >= 4 is 17.3 Å². The van der Waals surface area contributed by atoms with Crippen LogP contribution in [0, 0.1) is 6.92 Å². The van der Waals surface area contributed by atoms with Crippen LogP contribution in [0.3, 0.4) is 0 Å². The van der Waals surface area contributed by atoms with E-state index in [-0.39, 0.29) is 6.04 Å². The van der Waals surface area contributed by atoms with Crippen molar-refractivity contribution in [2.45, 2.75) is 19.9 Å². The van der Waals surface area contributed by atoms with E-state index in [9.17, 15) is 0 Å². The number of nitrogens with one attached hydrogen (secondary N) is 1. The highest BCUT2D eigenvalue weighted by Crippen LogP contribution is 2.23. The second-order valence-corrected chi connectivity index (χ2v) is 4.63. The van der Waals surface area contributed by atoms with Crippen molar-refractivity contribution in [3.05, 3.63) is 47.0 Å². The normalized spacial score (nSPS) is 12.5. The Bertz CT molecular complexity index is 519. The minimum absolute atomic E-state index is 0.147. The Morgan fingerprint density at radius 3 is 2.76 bits per heavy atom. The third-order valence-corrected chi connectivity index (χ3v) is 3.21. The minimum atomic E-state index is 0.147. The summed E-state index contributed by atoms with van der Waals surface area (Å²) in [6.07, 6.45) is 3.74. The van der Waals surface area contributed by atoms with E-state index in [0.717, 1.165) is 22.1 Å².